The number of benzene rings is 1. The summed E-state index contributed by atoms with van der Waals surface area (Å²) in [6.07, 6.45) is 1.50. The molecule has 1 aliphatic rings. The van der Waals surface area contributed by atoms with E-state index >= 15 is 0 Å². The van der Waals surface area contributed by atoms with E-state index in [1.807, 2.05) is 30.3 Å². The molecule has 2 atom stereocenters. The van der Waals surface area contributed by atoms with Crippen molar-refractivity contribution in [3.63, 3.8) is 0 Å². The van der Waals surface area contributed by atoms with E-state index < -0.39 is 12.2 Å². The summed E-state index contributed by atoms with van der Waals surface area (Å²) in [7, 11) is 0. The number of nitrogens with zero attached hydrogens (tertiary/aromatic N) is 3. The largest absolute Gasteiger partial charge is 0.530 e. The molecule has 0 radical (unpaired) electrons. The van der Waals surface area contributed by atoms with Crippen LogP contribution in [0, 0.1) is 0 Å². The number of hydrogen-bond donors (Lipinski definition) is 1. The van der Waals surface area contributed by atoms with Crippen LogP contribution in [0.1, 0.15) is 23.7 Å². The van der Waals surface area contributed by atoms with Gasteiger partial charge in [0.15, 0.2) is 5.75 Å². The van der Waals surface area contributed by atoms with Crippen LogP contribution >= 0.6 is 0 Å². The van der Waals surface area contributed by atoms with Crippen LogP contribution in [0.4, 0.5) is 4.79 Å². The molecule has 0 aliphatic carbocycles. The van der Waals surface area contributed by atoms with Gasteiger partial charge in [0.05, 0.1) is 18.5 Å². The number of carbonyl (C=O) groups excluding carboxylic acids is 1. The van der Waals surface area contributed by atoms with Crippen LogP contribution in [0.3, 0.4) is 0 Å². The molecule has 0 saturated carbocycles. The summed E-state index contributed by atoms with van der Waals surface area (Å²) in [6, 6.07) is 9.77. The molecule has 1 amide bonds. The van der Waals surface area contributed by atoms with Crippen LogP contribution in [-0.2, 0) is 6.61 Å². The Bertz CT molecular complexity index is 678. The van der Waals surface area contributed by atoms with E-state index in [-0.39, 0.29) is 12.5 Å². The molecule has 1 aliphatic heterocycles. The van der Waals surface area contributed by atoms with Crippen LogP contribution in [-0.4, -0.2) is 45.3 Å². The fourth-order valence-corrected chi connectivity index (χ4v) is 2.73. The molecule has 3 rings (SSSR count). The minimum Gasteiger partial charge on any atom is -0.530 e. The number of aliphatic hydroxyl groups is 1. The van der Waals surface area contributed by atoms with Crippen molar-refractivity contribution in [2.24, 2.45) is 0 Å². The highest BCUT2D eigenvalue weighted by Gasteiger charge is 2.30. The lowest BCUT2D eigenvalue weighted by atomic mass is 9.93. The van der Waals surface area contributed by atoms with Gasteiger partial charge in [-0.3, -0.25) is 0 Å². The van der Waals surface area contributed by atoms with Crippen molar-refractivity contribution in [3.8, 4) is 5.75 Å². The van der Waals surface area contributed by atoms with E-state index in [1.165, 1.54) is 0 Å². The molecule has 1 aromatic heterocycles. The highest BCUT2D eigenvalue weighted by molar-refractivity contribution is 5.62. The van der Waals surface area contributed by atoms with Crippen molar-refractivity contribution in [2.75, 3.05) is 13.1 Å². The fraction of sp³-hybridized carbons (Fsp3) is 0.353. The Hall–Kier alpha value is -2.67. The van der Waals surface area contributed by atoms with Gasteiger partial charge in [-0.25, -0.2) is 9.97 Å². The van der Waals surface area contributed by atoms with Gasteiger partial charge >= 0.3 is 0 Å². The maximum atomic E-state index is 10.8. The van der Waals surface area contributed by atoms with Crippen LogP contribution in [0.5, 0.6) is 5.75 Å². The molecule has 1 saturated heterocycles. The van der Waals surface area contributed by atoms with E-state index in [0.717, 1.165) is 10.5 Å². The standard InChI is InChI=1S/C17H19N3O4/c21-15-10-20(17(22)23)7-6-14(15)16-18-8-13(9-19-16)24-11-12-4-2-1-3-5-12/h1-5,8-9,14-15,21H,6-7,10-11H2,(H,22,23)/p-1. The molecular formula is C17H18N3O4-. The molecule has 1 aromatic carbocycles. The Morgan fingerprint density at radius 1 is 1.29 bits per heavy atom. The maximum Gasteiger partial charge on any atom is 0.156 e. The number of aromatic nitrogens is 2. The first kappa shape index (κ1) is 16.2. The Morgan fingerprint density at radius 3 is 2.62 bits per heavy atom. The van der Waals surface area contributed by atoms with Gasteiger partial charge in [-0.05, 0) is 12.0 Å². The third-order valence-electron chi connectivity index (χ3n) is 4.07. The number of hydrogen-bond acceptors (Lipinski definition) is 6. The van der Waals surface area contributed by atoms with Crippen molar-refractivity contribution in [1.82, 2.24) is 14.9 Å². The molecule has 2 aromatic rings. The van der Waals surface area contributed by atoms with Gasteiger partial charge in [-0.1, -0.05) is 30.3 Å². The lowest BCUT2D eigenvalue weighted by molar-refractivity contribution is -0.268. The highest BCUT2D eigenvalue weighted by atomic mass is 16.5. The van der Waals surface area contributed by atoms with Gasteiger partial charge in [0.25, 0.3) is 0 Å². The van der Waals surface area contributed by atoms with E-state index in [4.69, 9.17) is 4.74 Å². The molecule has 2 heterocycles. The molecular weight excluding hydrogens is 310 g/mol. The monoisotopic (exact) mass is 328 g/mol. The van der Waals surface area contributed by atoms with Gasteiger partial charge in [0.2, 0.25) is 0 Å². The summed E-state index contributed by atoms with van der Waals surface area (Å²) in [5.41, 5.74) is 1.05. The second-order valence-electron chi connectivity index (χ2n) is 5.73. The first-order valence-electron chi connectivity index (χ1n) is 7.76. The molecule has 0 bridgehead atoms. The Morgan fingerprint density at radius 2 is 2.00 bits per heavy atom. The second kappa shape index (κ2) is 7.27. The summed E-state index contributed by atoms with van der Waals surface area (Å²) in [4.78, 5) is 20.4. The lowest BCUT2D eigenvalue weighted by Crippen LogP contribution is -2.50. The number of rotatable bonds is 4. The number of piperidine rings is 1. The van der Waals surface area contributed by atoms with Crippen molar-refractivity contribution in [3.05, 3.63) is 54.1 Å². The first-order valence-corrected chi connectivity index (χ1v) is 7.76. The molecule has 7 heteroatoms. The third kappa shape index (κ3) is 3.80. The van der Waals surface area contributed by atoms with Crippen molar-refractivity contribution >= 4 is 6.09 Å². The summed E-state index contributed by atoms with van der Waals surface area (Å²) < 4.78 is 5.63. The van der Waals surface area contributed by atoms with Crippen LogP contribution < -0.4 is 9.84 Å². The summed E-state index contributed by atoms with van der Waals surface area (Å²) >= 11 is 0. The van der Waals surface area contributed by atoms with Gasteiger partial charge in [0, 0.05) is 19.0 Å². The first-order chi connectivity index (χ1) is 11.6. The third-order valence-corrected chi connectivity index (χ3v) is 4.07. The minimum atomic E-state index is -1.27. The van der Waals surface area contributed by atoms with Gasteiger partial charge in [-0.2, -0.15) is 0 Å². The minimum absolute atomic E-state index is 0.0165. The summed E-state index contributed by atoms with van der Waals surface area (Å²) in [5.74, 6) is 0.751. The molecule has 1 N–H and O–H groups in total. The number of amides is 1. The zero-order valence-corrected chi connectivity index (χ0v) is 13.0. The maximum absolute atomic E-state index is 10.8. The molecule has 7 nitrogen and oxygen atoms in total. The second-order valence-corrected chi connectivity index (χ2v) is 5.73. The predicted molar refractivity (Wildman–Crippen MR) is 83.1 cm³/mol. The van der Waals surface area contributed by atoms with E-state index in [9.17, 15) is 15.0 Å². The SMILES string of the molecule is O=C([O-])N1CCC(c2ncc(OCc3ccccc3)cn2)C(O)C1. The Balaban J connectivity index is 1.59. The average Bonchev–Trinajstić information content (AvgIpc) is 2.61. The van der Waals surface area contributed by atoms with Crippen molar-refractivity contribution < 1.29 is 19.7 Å². The molecule has 126 valence electrons. The van der Waals surface area contributed by atoms with Crippen molar-refractivity contribution in [1.29, 1.82) is 0 Å². The summed E-state index contributed by atoms with van der Waals surface area (Å²) in [5, 5.41) is 21.0. The topological polar surface area (TPSA) is 98.6 Å². The number of β-amino-alcohol motifs (C(OH)–C–C–N with tert-alkyl or cyclic N) is 1. The van der Waals surface area contributed by atoms with Crippen molar-refractivity contribution in [2.45, 2.75) is 25.0 Å². The van der Waals surface area contributed by atoms with Crippen LogP contribution in [0.25, 0.3) is 0 Å². The average molecular weight is 328 g/mol. The van der Waals surface area contributed by atoms with Gasteiger partial charge in [0.1, 0.15) is 18.5 Å². The Kier molecular flexibility index (Phi) is 4.90. The number of ether oxygens (including phenoxy) is 1. The summed E-state index contributed by atoms with van der Waals surface area (Å²) in [6.45, 7) is 0.748. The molecule has 1 fully saturated rings. The Labute approximate surface area is 139 Å². The zero-order chi connectivity index (χ0) is 16.9. The van der Waals surface area contributed by atoms with Gasteiger partial charge in [-0.15, -0.1) is 0 Å². The quantitative estimate of drug-likeness (QED) is 0.880. The van der Waals surface area contributed by atoms with E-state index in [0.29, 0.717) is 31.1 Å². The molecule has 2 unspecified atom stereocenters. The van der Waals surface area contributed by atoms with E-state index in [2.05, 4.69) is 9.97 Å². The molecule has 0 spiro atoms. The number of carbonyl (C=O) groups is 1. The highest BCUT2D eigenvalue weighted by Crippen LogP contribution is 2.26. The van der Waals surface area contributed by atoms with Crippen LogP contribution in [0.2, 0.25) is 0 Å². The number of carboxylic acid groups (broad SMARTS) is 1. The zero-order valence-electron chi connectivity index (χ0n) is 13.0. The van der Waals surface area contributed by atoms with Crippen LogP contribution in [0.15, 0.2) is 42.7 Å². The fourth-order valence-electron chi connectivity index (χ4n) is 2.73. The van der Waals surface area contributed by atoms with E-state index in [1.54, 1.807) is 12.4 Å². The predicted octanol–water partition coefficient (Wildman–Crippen LogP) is 0.549. The smallest absolute Gasteiger partial charge is 0.156 e. The van der Waals surface area contributed by atoms with Gasteiger partial charge < -0.3 is 24.6 Å². The molecule has 24 heavy (non-hydrogen) atoms. The number of likely N-dealkylation sites (tertiary alicyclic amines) is 1. The lowest BCUT2D eigenvalue weighted by Gasteiger charge is -2.36. The number of aliphatic hydroxyl groups excluding tert-OH is 1. The normalized spacial score (nSPS) is 20.6.